The average molecular weight is 321 g/mol. The first kappa shape index (κ1) is 21.2. The van der Waals surface area contributed by atoms with E-state index in [0.717, 1.165) is 25.7 Å². The van der Waals surface area contributed by atoms with Crippen LogP contribution in [0, 0.1) is 5.92 Å². The third kappa shape index (κ3) is 9.74. The second-order valence-corrected chi connectivity index (χ2v) is 8.24. The van der Waals surface area contributed by atoms with Gasteiger partial charge in [0.2, 0.25) is 0 Å². The summed E-state index contributed by atoms with van der Waals surface area (Å²) in [6.45, 7) is 10.4. The predicted molar refractivity (Wildman–Crippen MR) is 93.8 cm³/mol. The predicted octanol–water partition coefficient (Wildman–Crippen LogP) is 2.55. The Morgan fingerprint density at radius 3 is 2.14 bits per heavy atom. The van der Waals surface area contributed by atoms with Crippen molar-refractivity contribution in [1.82, 2.24) is 5.32 Å². The highest BCUT2D eigenvalue weighted by Crippen LogP contribution is 2.28. The van der Waals surface area contributed by atoms with Gasteiger partial charge in [0.25, 0.3) is 0 Å². The molecule has 0 rings (SSSR count). The van der Waals surface area contributed by atoms with E-state index >= 15 is 0 Å². The fourth-order valence-corrected chi connectivity index (χ4v) is 2.47. The maximum absolute atomic E-state index is 10.2. The van der Waals surface area contributed by atoms with Crippen LogP contribution in [0.3, 0.4) is 0 Å². The Balaban J connectivity index is 4.34. The summed E-state index contributed by atoms with van der Waals surface area (Å²) in [6.07, 6.45) is 4.11. The molecule has 0 heterocycles. The molecule has 0 saturated carbocycles. The molecule has 21 heavy (non-hydrogen) atoms. The molecule has 0 aliphatic rings. The van der Waals surface area contributed by atoms with Crippen LogP contribution < -0.4 is 11.1 Å². The third-order valence-corrected chi connectivity index (χ3v) is 4.25. The summed E-state index contributed by atoms with van der Waals surface area (Å²) in [7, 11) is 1.80. The number of nitrogens with one attached hydrogen (secondary N) is 1. The van der Waals surface area contributed by atoms with Crippen molar-refractivity contribution < 1.29 is 9.84 Å². The number of thiol groups is 1. The molecule has 0 aliphatic heterocycles. The number of hydrogen-bond acceptors (Lipinski definition) is 5. The van der Waals surface area contributed by atoms with Crippen molar-refractivity contribution in [3.63, 3.8) is 0 Å². The molecule has 4 nitrogen and oxygen atoms in total. The maximum Gasteiger partial charge on any atom is 0.175 e. The standard InChI is InChI=1S/C16H36N2O2S/c1-12(13(2)17)9-7-8-10-14(15(3,4)21)20-16(5,19)11-18-6/h12-14,18-19,21H,7-11,17H2,1-6H3/t12?,13?,14-,16?/m0/s1. The van der Waals surface area contributed by atoms with Crippen molar-refractivity contribution in [2.24, 2.45) is 11.7 Å². The molecule has 0 aromatic carbocycles. The Morgan fingerprint density at radius 1 is 1.19 bits per heavy atom. The van der Waals surface area contributed by atoms with E-state index < -0.39 is 5.79 Å². The summed E-state index contributed by atoms with van der Waals surface area (Å²) in [5, 5.41) is 13.2. The van der Waals surface area contributed by atoms with Gasteiger partial charge in [0.15, 0.2) is 5.79 Å². The highest BCUT2D eigenvalue weighted by molar-refractivity contribution is 7.81. The van der Waals surface area contributed by atoms with Gasteiger partial charge in [-0.1, -0.05) is 19.8 Å². The van der Waals surface area contributed by atoms with Gasteiger partial charge in [0.1, 0.15) is 0 Å². The molecule has 0 aromatic rings. The SMILES string of the molecule is CNCC(C)(O)O[C@@H](CCCCC(C)C(C)N)C(C)(C)S. The normalized spacial score (nSPS) is 19.9. The van der Waals surface area contributed by atoms with Gasteiger partial charge >= 0.3 is 0 Å². The summed E-state index contributed by atoms with van der Waals surface area (Å²) in [5.41, 5.74) is 5.89. The zero-order valence-corrected chi connectivity index (χ0v) is 15.5. The fourth-order valence-electron chi connectivity index (χ4n) is 2.29. The number of nitrogens with two attached hydrogens (primary N) is 1. The van der Waals surface area contributed by atoms with E-state index in [0.29, 0.717) is 12.5 Å². The van der Waals surface area contributed by atoms with Crippen LogP contribution in [0.15, 0.2) is 0 Å². The van der Waals surface area contributed by atoms with E-state index in [1.165, 1.54) is 0 Å². The summed E-state index contributed by atoms with van der Waals surface area (Å²) < 4.78 is 5.60. The molecular weight excluding hydrogens is 284 g/mol. The molecule has 3 unspecified atom stereocenters. The average Bonchev–Trinajstić information content (AvgIpc) is 2.30. The Labute approximate surface area is 136 Å². The van der Waals surface area contributed by atoms with Gasteiger partial charge in [0.05, 0.1) is 6.10 Å². The minimum atomic E-state index is -1.17. The van der Waals surface area contributed by atoms with Crippen molar-refractivity contribution in [3.05, 3.63) is 0 Å². The number of likely N-dealkylation sites (N-methyl/N-ethyl adjacent to an activating group) is 1. The van der Waals surface area contributed by atoms with E-state index in [9.17, 15) is 5.11 Å². The quantitative estimate of drug-likeness (QED) is 0.268. The molecule has 0 radical (unpaired) electrons. The molecule has 128 valence electrons. The number of unbranched alkanes of at least 4 members (excludes halogenated alkanes) is 1. The lowest BCUT2D eigenvalue weighted by Gasteiger charge is -2.36. The minimum absolute atomic E-state index is 0.0882. The first-order chi connectivity index (χ1) is 9.49. The van der Waals surface area contributed by atoms with Crippen molar-refractivity contribution in [2.45, 2.75) is 83.0 Å². The largest absolute Gasteiger partial charge is 0.365 e. The van der Waals surface area contributed by atoms with Crippen LogP contribution >= 0.6 is 12.6 Å². The van der Waals surface area contributed by atoms with Crippen molar-refractivity contribution in [2.75, 3.05) is 13.6 Å². The molecule has 0 spiro atoms. The van der Waals surface area contributed by atoms with Gasteiger partial charge in [-0.15, -0.1) is 0 Å². The Bertz CT molecular complexity index is 278. The second-order valence-electron chi connectivity index (χ2n) is 7.09. The van der Waals surface area contributed by atoms with Crippen molar-refractivity contribution in [3.8, 4) is 0 Å². The van der Waals surface area contributed by atoms with Gasteiger partial charge < -0.3 is 20.9 Å². The third-order valence-electron chi connectivity index (χ3n) is 3.96. The monoisotopic (exact) mass is 320 g/mol. The molecule has 0 aliphatic carbocycles. The second kappa shape index (κ2) is 9.36. The molecule has 4 atom stereocenters. The van der Waals surface area contributed by atoms with E-state index in [-0.39, 0.29) is 16.9 Å². The zero-order chi connectivity index (χ0) is 16.7. The van der Waals surface area contributed by atoms with Crippen LogP contribution in [0.1, 0.15) is 60.3 Å². The van der Waals surface area contributed by atoms with E-state index in [2.05, 4.69) is 31.8 Å². The first-order valence-corrected chi connectivity index (χ1v) is 8.47. The topological polar surface area (TPSA) is 67.5 Å². The Kier molecular flexibility index (Phi) is 9.44. The van der Waals surface area contributed by atoms with Crippen LogP contribution in [0.4, 0.5) is 0 Å². The van der Waals surface area contributed by atoms with E-state index in [4.69, 9.17) is 10.5 Å². The van der Waals surface area contributed by atoms with Crippen LogP contribution in [0.25, 0.3) is 0 Å². The Morgan fingerprint density at radius 2 is 1.71 bits per heavy atom. The number of aliphatic hydroxyl groups is 1. The Hall–Kier alpha value is 0.190. The van der Waals surface area contributed by atoms with Crippen LogP contribution in [0.2, 0.25) is 0 Å². The summed E-state index contributed by atoms with van der Waals surface area (Å²) in [5.74, 6) is -0.626. The number of hydrogen-bond donors (Lipinski definition) is 4. The highest BCUT2D eigenvalue weighted by Gasteiger charge is 2.33. The van der Waals surface area contributed by atoms with Crippen molar-refractivity contribution >= 4 is 12.6 Å². The number of ether oxygens (including phenoxy) is 1. The van der Waals surface area contributed by atoms with Crippen LogP contribution in [-0.2, 0) is 4.74 Å². The lowest BCUT2D eigenvalue weighted by molar-refractivity contribution is -0.220. The molecule has 4 N–H and O–H groups in total. The summed E-state index contributed by atoms with van der Waals surface area (Å²) >= 11 is 4.63. The molecule has 0 fully saturated rings. The molecular formula is C16H36N2O2S. The highest BCUT2D eigenvalue weighted by atomic mass is 32.1. The summed E-state index contributed by atoms with van der Waals surface area (Å²) in [4.78, 5) is 0. The zero-order valence-electron chi connectivity index (χ0n) is 14.6. The van der Waals surface area contributed by atoms with Crippen LogP contribution in [-0.4, -0.2) is 41.4 Å². The molecule has 0 amide bonds. The van der Waals surface area contributed by atoms with E-state index in [1.807, 2.05) is 13.8 Å². The maximum atomic E-state index is 10.2. The lowest BCUT2D eigenvalue weighted by Crippen LogP contribution is -2.46. The number of rotatable bonds is 11. The molecule has 0 saturated heterocycles. The van der Waals surface area contributed by atoms with Gasteiger partial charge in [-0.3, -0.25) is 0 Å². The molecule has 5 heteroatoms. The fraction of sp³-hybridized carbons (Fsp3) is 1.00. The van der Waals surface area contributed by atoms with Gasteiger partial charge in [-0.25, -0.2) is 0 Å². The van der Waals surface area contributed by atoms with Crippen molar-refractivity contribution in [1.29, 1.82) is 0 Å². The molecule has 0 bridgehead atoms. The lowest BCUT2D eigenvalue weighted by atomic mass is 9.94. The summed E-state index contributed by atoms with van der Waals surface area (Å²) in [6, 6.07) is 0.245. The first-order valence-electron chi connectivity index (χ1n) is 8.02. The molecule has 0 aromatic heterocycles. The minimum Gasteiger partial charge on any atom is -0.365 e. The smallest absolute Gasteiger partial charge is 0.175 e. The van der Waals surface area contributed by atoms with E-state index in [1.54, 1.807) is 14.0 Å². The van der Waals surface area contributed by atoms with Crippen LogP contribution in [0.5, 0.6) is 0 Å². The van der Waals surface area contributed by atoms with Gasteiger partial charge in [-0.05, 0) is 53.5 Å². The van der Waals surface area contributed by atoms with Gasteiger partial charge in [0, 0.05) is 17.3 Å². The van der Waals surface area contributed by atoms with Gasteiger partial charge in [-0.2, -0.15) is 12.6 Å².